The summed E-state index contributed by atoms with van der Waals surface area (Å²) >= 11 is 16.5. The predicted octanol–water partition coefficient (Wildman–Crippen LogP) is 7.60. The maximum Gasteiger partial charge on any atom is 0.276 e. The molecule has 1 aromatic heterocycles. The van der Waals surface area contributed by atoms with Crippen molar-refractivity contribution in [3.8, 4) is 0 Å². The summed E-state index contributed by atoms with van der Waals surface area (Å²) in [7, 11) is 0. The number of halogens is 3. The van der Waals surface area contributed by atoms with Crippen LogP contribution in [0.1, 0.15) is 39.5 Å². The molecular formula is C26H18BrCl2N3O. The quantitative estimate of drug-likeness (QED) is 0.252. The van der Waals surface area contributed by atoms with Crippen LogP contribution in [0.25, 0.3) is 10.9 Å². The standard InChI is InChI=1S/C26H18BrCl2N3O/c1-15-6-7-17-13-20(25(29)30-22(17)12-15)24-14-23(16-8-10-18(27)11-9-16)31-32(24)26(33)19-4-2-3-5-21(19)28/h2-13,24H,14H2,1H3/t24-/m1/s1. The Kier molecular flexibility index (Phi) is 5.95. The van der Waals surface area contributed by atoms with Crippen molar-refractivity contribution in [2.24, 2.45) is 5.10 Å². The van der Waals surface area contributed by atoms with Crippen molar-refractivity contribution < 1.29 is 4.79 Å². The third-order valence-electron chi connectivity index (χ3n) is 5.71. The van der Waals surface area contributed by atoms with Gasteiger partial charge in [0.1, 0.15) is 5.15 Å². The summed E-state index contributed by atoms with van der Waals surface area (Å²) in [5, 5.41) is 7.93. The van der Waals surface area contributed by atoms with Gasteiger partial charge < -0.3 is 0 Å². The third-order valence-corrected chi connectivity index (χ3v) is 6.87. The Bertz CT molecular complexity index is 1420. The van der Waals surface area contributed by atoms with Crippen molar-refractivity contribution in [2.75, 3.05) is 0 Å². The molecule has 0 bridgehead atoms. The van der Waals surface area contributed by atoms with E-state index in [1.54, 1.807) is 24.3 Å². The highest BCUT2D eigenvalue weighted by Gasteiger charge is 2.36. The first kappa shape index (κ1) is 22.1. The van der Waals surface area contributed by atoms with Gasteiger partial charge in [0.05, 0.1) is 27.9 Å². The van der Waals surface area contributed by atoms with Gasteiger partial charge in [0.25, 0.3) is 5.91 Å². The second kappa shape index (κ2) is 8.90. The van der Waals surface area contributed by atoms with Crippen LogP contribution in [0, 0.1) is 6.92 Å². The average Bonchev–Trinajstić information content (AvgIpc) is 3.24. The van der Waals surface area contributed by atoms with Crippen LogP contribution in [0.2, 0.25) is 10.2 Å². The minimum absolute atomic E-state index is 0.280. The smallest absolute Gasteiger partial charge is 0.267 e. The van der Waals surface area contributed by atoms with Crippen molar-refractivity contribution in [1.82, 2.24) is 9.99 Å². The van der Waals surface area contributed by atoms with Gasteiger partial charge in [-0.05, 0) is 54.4 Å². The number of carbonyl (C=O) groups is 1. The molecule has 0 spiro atoms. The number of aryl methyl sites for hydroxylation is 1. The lowest BCUT2D eigenvalue weighted by Crippen LogP contribution is -2.27. The van der Waals surface area contributed by atoms with Crippen LogP contribution in [-0.4, -0.2) is 21.6 Å². The van der Waals surface area contributed by atoms with Crippen LogP contribution in [0.3, 0.4) is 0 Å². The molecule has 0 saturated carbocycles. The maximum atomic E-state index is 13.6. The molecule has 1 amide bonds. The average molecular weight is 539 g/mol. The van der Waals surface area contributed by atoms with Gasteiger partial charge >= 0.3 is 0 Å². The van der Waals surface area contributed by atoms with Gasteiger partial charge in [-0.2, -0.15) is 5.10 Å². The highest BCUT2D eigenvalue weighted by atomic mass is 79.9. The van der Waals surface area contributed by atoms with Gasteiger partial charge in [0.15, 0.2) is 0 Å². The Hall–Kier alpha value is -2.73. The molecule has 0 aliphatic carbocycles. The Morgan fingerprint density at radius 2 is 1.79 bits per heavy atom. The maximum absolute atomic E-state index is 13.6. The van der Waals surface area contributed by atoms with Crippen LogP contribution in [-0.2, 0) is 0 Å². The highest BCUT2D eigenvalue weighted by molar-refractivity contribution is 9.10. The number of amides is 1. The van der Waals surface area contributed by atoms with E-state index in [1.165, 1.54) is 5.01 Å². The molecule has 1 aliphatic heterocycles. The lowest BCUT2D eigenvalue weighted by molar-refractivity contribution is 0.0711. The molecular weight excluding hydrogens is 521 g/mol. The van der Waals surface area contributed by atoms with Crippen LogP contribution in [0.5, 0.6) is 0 Å². The molecule has 1 aliphatic rings. The number of benzene rings is 3. The van der Waals surface area contributed by atoms with Gasteiger partial charge in [-0.1, -0.05) is 75.5 Å². The molecule has 2 heterocycles. The second-order valence-corrected chi connectivity index (χ2v) is 9.65. The van der Waals surface area contributed by atoms with Crippen LogP contribution in [0.15, 0.2) is 82.4 Å². The van der Waals surface area contributed by atoms with Crippen LogP contribution in [0.4, 0.5) is 0 Å². The van der Waals surface area contributed by atoms with Gasteiger partial charge in [-0.3, -0.25) is 4.79 Å². The van der Waals surface area contributed by atoms with Crippen molar-refractivity contribution >= 4 is 61.7 Å². The third kappa shape index (κ3) is 4.29. The van der Waals surface area contributed by atoms with E-state index in [0.717, 1.165) is 37.8 Å². The molecule has 0 fully saturated rings. The molecule has 5 rings (SSSR count). The summed E-state index contributed by atoms with van der Waals surface area (Å²) in [5.41, 5.74) is 4.82. The number of hydrogen-bond donors (Lipinski definition) is 0. The monoisotopic (exact) mass is 537 g/mol. The minimum atomic E-state index is -0.405. The lowest BCUT2D eigenvalue weighted by Gasteiger charge is -2.23. The van der Waals surface area contributed by atoms with E-state index >= 15 is 0 Å². The van der Waals surface area contributed by atoms with Crippen LogP contribution >= 0.6 is 39.1 Å². The van der Waals surface area contributed by atoms with Gasteiger partial charge in [0.2, 0.25) is 0 Å². The summed E-state index contributed by atoms with van der Waals surface area (Å²) < 4.78 is 0.975. The Labute approximate surface area is 210 Å². The first-order chi connectivity index (χ1) is 15.9. The summed E-state index contributed by atoms with van der Waals surface area (Å²) in [4.78, 5) is 18.2. The zero-order valence-electron chi connectivity index (χ0n) is 17.6. The zero-order valence-corrected chi connectivity index (χ0v) is 20.7. The summed E-state index contributed by atoms with van der Waals surface area (Å²) in [5.74, 6) is -0.280. The van der Waals surface area contributed by atoms with E-state index in [0.29, 0.717) is 22.2 Å². The first-order valence-corrected chi connectivity index (χ1v) is 11.9. The number of carbonyl (C=O) groups excluding carboxylic acids is 1. The number of aromatic nitrogens is 1. The fraction of sp³-hybridized carbons (Fsp3) is 0.115. The lowest BCUT2D eigenvalue weighted by atomic mass is 9.98. The van der Waals surface area contributed by atoms with E-state index < -0.39 is 6.04 Å². The minimum Gasteiger partial charge on any atom is -0.267 e. The number of fused-ring (bicyclic) bond motifs is 1. The molecule has 0 unspecified atom stereocenters. The van der Waals surface area contributed by atoms with Gasteiger partial charge in [-0.25, -0.2) is 9.99 Å². The fourth-order valence-corrected chi connectivity index (χ4v) is 4.77. The van der Waals surface area contributed by atoms with Gasteiger partial charge in [0, 0.05) is 21.8 Å². The topological polar surface area (TPSA) is 45.6 Å². The molecule has 1 atom stereocenters. The first-order valence-electron chi connectivity index (χ1n) is 10.4. The molecule has 3 aromatic carbocycles. The van der Waals surface area contributed by atoms with Crippen molar-refractivity contribution in [3.63, 3.8) is 0 Å². The van der Waals surface area contributed by atoms with Gasteiger partial charge in [-0.15, -0.1) is 0 Å². The van der Waals surface area contributed by atoms with E-state index in [9.17, 15) is 4.79 Å². The number of pyridine rings is 1. The van der Waals surface area contributed by atoms with Crippen molar-refractivity contribution in [2.45, 2.75) is 19.4 Å². The number of rotatable bonds is 3. The van der Waals surface area contributed by atoms with E-state index in [1.807, 2.05) is 55.5 Å². The number of nitrogens with zero attached hydrogens (tertiary/aromatic N) is 3. The Balaban J connectivity index is 1.62. The normalized spacial score (nSPS) is 15.7. The number of hydrogen-bond acceptors (Lipinski definition) is 3. The zero-order chi connectivity index (χ0) is 23.1. The summed E-state index contributed by atoms with van der Waals surface area (Å²) in [6.07, 6.45) is 0.511. The Morgan fingerprint density at radius 3 is 2.55 bits per heavy atom. The van der Waals surface area contributed by atoms with Crippen molar-refractivity contribution in [3.05, 3.63) is 110 Å². The molecule has 164 valence electrons. The summed E-state index contributed by atoms with van der Waals surface area (Å²) in [6.45, 7) is 2.02. The Morgan fingerprint density at radius 1 is 1.03 bits per heavy atom. The van der Waals surface area contributed by atoms with E-state index in [2.05, 4.69) is 20.9 Å². The molecule has 7 heteroatoms. The van der Waals surface area contributed by atoms with E-state index in [4.69, 9.17) is 28.3 Å². The van der Waals surface area contributed by atoms with Crippen LogP contribution < -0.4 is 0 Å². The number of hydrazone groups is 1. The second-order valence-electron chi connectivity index (χ2n) is 7.97. The molecule has 0 N–H and O–H groups in total. The molecule has 4 nitrogen and oxygen atoms in total. The molecule has 33 heavy (non-hydrogen) atoms. The fourth-order valence-electron chi connectivity index (χ4n) is 4.02. The molecule has 4 aromatic rings. The van der Waals surface area contributed by atoms with Crippen molar-refractivity contribution in [1.29, 1.82) is 0 Å². The van der Waals surface area contributed by atoms with E-state index in [-0.39, 0.29) is 5.91 Å². The molecule has 0 radical (unpaired) electrons. The predicted molar refractivity (Wildman–Crippen MR) is 137 cm³/mol. The summed E-state index contributed by atoms with van der Waals surface area (Å²) in [6, 6.07) is 22.5. The SMILES string of the molecule is Cc1ccc2cc([C@H]3CC(c4ccc(Br)cc4)=NN3C(=O)c3ccccc3Cl)c(Cl)nc2c1. The highest BCUT2D eigenvalue weighted by Crippen LogP contribution is 2.38. The largest absolute Gasteiger partial charge is 0.276 e. The molecule has 0 saturated heterocycles.